The zero-order valence-corrected chi connectivity index (χ0v) is 19.6. The highest BCUT2D eigenvalue weighted by atomic mass is 32.2. The first-order valence-corrected chi connectivity index (χ1v) is 12.4. The van der Waals surface area contributed by atoms with Crippen LogP contribution in [0.1, 0.15) is 38.2 Å². The van der Waals surface area contributed by atoms with Crippen molar-refractivity contribution in [3.05, 3.63) is 64.4 Å². The maximum Gasteiger partial charge on any atom is 0.267 e. The predicted octanol–water partition coefficient (Wildman–Crippen LogP) is 4.13. The summed E-state index contributed by atoms with van der Waals surface area (Å²) in [6, 6.07) is 15.4. The molecule has 4 aromatic rings. The Morgan fingerprint density at radius 3 is 2.64 bits per heavy atom. The number of carbonyl (C=O) groups excluding carboxylic acids is 1. The normalized spacial score (nSPS) is 18.6. The van der Waals surface area contributed by atoms with Gasteiger partial charge in [0.25, 0.3) is 5.56 Å². The lowest BCUT2D eigenvalue weighted by Gasteiger charge is -2.29. The number of hydrogen-bond donors (Lipinski definition) is 1. The molecule has 1 saturated carbocycles. The second-order valence-electron chi connectivity index (χ2n) is 8.84. The van der Waals surface area contributed by atoms with Gasteiger partial charge in [-0.2, -0.15) is 0 Å². The number of fused-ring (bicyclic) bond motifs is 3. The largest absolute Gasteiger partial charge is 0.352 e. The molecule has 1 aliphatic carbocycles. The SMILES string of the molecule is Cc1ccc(-n2c(=O)c3ccccc3n3c(SCC(=O)NC4CCCCC4C)nnc23)cc1. The van der Waals surface area contributed by atoms with Gasteiger partial charge in [0, 0.05) is 6.04 Å². The number of nitrogens with one attached hydrogen (secondary N) is 1. The Morgan fingerprint density at radius 2 is 1.85 bits per heavy atom. The highest BCUT2D eigenvalue weighted by Gasteiger charge is 2.23. The number of hydrogen-bond acceptors (Lipinski definition) is 5. The Labute approximate surface area is 196 Å². The lowest BCUT2D eigenvalue weighted by molar-refractivity contribution is -0.119. The van der Waals surface area contributed by atoms with Gasteiger partial charge in [0.2, 0.25) is 11.7 Å². The van der Waals surface area contributed by atoms with Crippen LogP contribution in [0.4, 0.5) is 0 Å². The molecule has 0 radical (unpaired) electrons. The second kappa shape index (κ2) is 9.02. The van der Waals surface area contributed by atoms with Crippen molar-refractivity contribution in [3.63, 3.8) is 0 Å². The van der Waals surface area contributed by atoms with E-state index in [0.29, 0.717) is 22.2 Å². The van der Waals surface area contributed by atoms with Crippen LogP contribution in [0, 0.1) is 12.8 Å². The molecule has 5 rings (SSSR count). The topological polar surface area (TPSA) is 81.3 Å². The Kier molecular flexibility index (Phi) is 5.93. The van der Waals surface area contributed by atoms with E-state index < -0.39 is 0 Å². The average molecular weight is 462 g/mol. The molecule has 1 N–H and O–H groups in total. The minimum absolute atomic E-state index is 0.00617. The standard InChI is InChI=1S/C25H27N5O2S/c1-16-11-13-18(14-12-16)29-23(32)19-8-4-6-10-21(19)30-24(29)27-28-25(30)33-15-22(31)26-20-9-5-3-7-17(20)2/h4,6,8,10-14,17,20H,3,5,7,9,15H2,1-2H3,(H,26,31). The first-order chi connectivity index (χ1) is 16.0. The molecule has 8 heteroatoms. The highest BCUT2D eigenvalue weighted by Crippen LogP contribution is 2.25. The van der Waals surface area contributed by atoms with E-state index in [1.54, 1.807) is 4.57 Å². The van der Waals surface area contributed by atoms with Crippen molar-refractivity contribution < 1.29 is 4.79 Å². The van der Waals surface area contributed by atoms with Crippen LogP contribution < -0.4 is 10.9 Å². The average Bonchev–Trinajstić information content (AvgIpc) is 3.24. The summed E-state index contributed by atoms with van der Waals surface area (Å²) in [5.74, 6) is 1.20. The van der Waals surface area contributed by atoms with Gasteiger partial charge in [-0.25, -0.2) is 4.57 Å². The predicted molar refractivity (Wildman–Crippen MR) is 131 cm³/mol. The van der Waals surface area contributed by atoms with Crippen molar-refractivity contribution in [1.29, 1.82) is 0 Å². The van der Waals surface area contributed by atoms with E-state index in [9.17, 15) is 9.59 Å². The molecule has 0 spiro atoms. The number of thioether (sulfide) groups is 1. The first kappa shape index (κ1) is 21.7. The lowest BCUT2D eigenvalue weighted by Crippen LogP contribution is -2.41. The number of rotatable bonds is 5. The number of aryl methyl sites for hydroxylation is 1. The van der Waals surface area contributed by atoms with Crippen LogP contribution in [-0.2, 0) is 4.79 Å². The quantitative estimate of drug-likeness (QED) is 0.452. The third-order valence-corrected chi connectivity index (χ3v) is 7.41. The van der Waals surface area contributed by atoms with Crippen LogP contribution in [0.25, 0.3) is 22.4 Å². The van der Waals surface area contributed by atoms with Gasteiger partial charge >= 0.3 is 0 Å². The minimum atomic E-state index is -0.144. The number of aromatic nitrogens is 4. The maximum absolute atomic E-state index is 13.4. The molecule has 2 aromatic heterocycles. The summed E-state index contributed by atoms with van der Waals surface area (Å²) in [6.45, 7) is 4.22. The second-order valence-corrected chi connectivity index (χ2v) is 9.78. The van der Waals surface area contributed by atoms with Gasteiger partial charge in [0.1, 0.15) is 0 Å². The van der Waals surface area contributed by atoms with E-state index in [2.05, 4.69) is 22.4 Å². The first-order valence-electron chi connectivity index (χ1n) is 11.4. The molecular formula is C25H27N5O2S. The monoisotopic (exact) mass is 461 g/mol. The van der Waals surface area contributed by atoms with Crippen molar-refractivity contribution in [2.24, 2.45) is 5.92 Å². The third-order valence-electron chi connectivity index (χ3n) is 6.48. The lowest BCUT2D eigenvalue weighted by atomic mass is 9.86. The fourth-order valence-electron chi connectivity index (χ4n) is 4.61. The molecule has 33 heavy (non-hydrogen) atoms. The number of carbonyl (C=O) groups is 1. The van der Waals surface area contributed by atoms with Gasteiger partial charge in [0.05, 0.1) is 22.3 Å². The van der Waals surface area contributed by atoms with Crippen LogP contribution >= 0.6 is 11.8 Å². The molecule has 170 valence electrons. The Hall–Kier alpha value is -3.13. The summed E-state index contributed by atoms with van der Waals surface area (Å²) in [6.07, 6.45) is 4.61. The summed E-state index contributed by atoms with van der Waals surface area (Å²) < 4.78 is 3.46. The van der Waals surface area contributed by atoms with Crippen molar-refractivity contribution in [2.75, 3.05) is 5.75 Å². The van der Waals surface area contributed by atoms with Crippen LogP contribution in [-0.4, -0.2) is 36.9 Å². The van der Waals surface area contributed by atoms with E-state index in [0.717, 1.165) is 29.6 Å². The fraction of sp³-hybridized carbons (Fsp3) is 0.360. The smallest absolute Gasteiger partial charge is 0.267 e. The number of amides is 1. The minimum Gasteiger partial charge on any atom is -0.352 e. The van der Waals surface area contributed by atoms with E-state index in [4.69, 9.17) is 0 Å². The summed E-state index contributed by atoms with van der Waals surface area (Å²) in [7, 11) is 0. The Bertz CT molecular complexity index is 1380. The Morgan fingerprint density at radius 1 is 1.09 bits per heavy atom. The molecule has 0 aliphatic heterocycles. The van der Waals surface area contributed by atoms with Crippen LogP contribution in [0.2, 0.25) is 0 Å². The van der Waals surface area contributed by atoms with Crippen LogP contribution in [0.5, 0.6) is 0 Å². The van der Waals surface area contributed by atoms with Gasteiger partial charge in [-0.1, -0.05) is 61.4 Å². The zero-order chi connectivity index (χ0) is 22.9. The summed E-state index contributed by atoms with van der Waals surface area (Å²) in [5.41, 5.74) is 2.43. The summed E-state index contributed by atoms with van der Waals surface area (Å²) in [4.78, 5) is 26.0. The molecule has 1 aliphatic rings. The molecule has 1 fully saturated rings. The van der Waals surface area contributed by atoms with Gasteiger partial charge in [-0.3, -0.25) is 14.0 Å². The van der Waals surface area contributed by atoms with Crippen molar-refractivity contribution in [1.82, 2.24) is 24.5 Å². The van der Waals surface area contributed by atoms with Crippen LogP contribution in [0.3, 0.4) is 0 Å². The number of para-hydroxylation sites is 1. The molecule has 0 saturated heterocycles. The molecule has 1 amide bonds. The number of nitrogens with zero attached hydrogens (tertiary/aromatic N) is 4. The van der Waals surface area contributed by atoms with Gasteiger partial charge in [0.15, 0.2) is 5.16 Å². The molecular weight excluding hydrogens is 434 g/mol. The Balaban J connectivity index is 1.51. The van der Waals surface area contributed by atoms with Gasteiger partial charge in [-0.15, -0.1) is 10.2 Å². The van der Waals surface area contributed by atoms with E-state index in [-0.39, 0.29) is 23.3 Å². The summed E-state index contributed by atoms with van der Waals surface area (Å²) >= 11 is 1.34. The van der Waals surface area contributed by atoms with Gasteiger partial charge in [-0.05, 0) is 49.9 Å². The molecule has 0 bridgehead atoms. The highest BCUT2D eigenvalue weighted by molar-refractivity contribution is 7.99. The van der Waals surface area contributed by atoms with Gasteiger partial charge < -0.3 is 5.32 Å². The van der Waals surface area contributed by atoms with Crippen LogP contribution in [0.15, 0.2) is 58.5 Å². The molecule has 7 nitrogen and oxygen atoms in total. The van der Waals surface area contributed by atoms with E-state index in [1.165, 1.54) is 24.6 Å². The van der Waals surface area contributed by atoms with Crippen molar-refractivity contribution in [3.8, 4) is 5.69 Å². The maximum atomic E-state index is 13.4. The molecule has 2 unspecified atom stereocenters. The van der Waals surface area contributed by atoms with Crippen molar-refractivity contribution in [2.45, 2.75) is 50.7 Å². The zero-order valence-electron chi connectivity index (χ0n) is 18.8. The molecule has 2 heterocycles. The molecule has 2 atom stereocenters. The third kappa shape index (κ3) is 4.15. The fourth-order valence-corrected chi connectivity index (χ4v) is 5.36. The van der Waals surface area contributed by atoms with E-state index >= 15 is 0 Å². The number of benzene rings is 2. The molecule has 2 aromatic carbocycles. The van der Waals surface area contributed by atoms with E-state index in [1.807, 2.05) is 59.9 Å². The summed E-state index contributed by atoms with van der Waals surface area (Å²) in [5, 5.41) is 13.1. The van der Waals surface area contributed by atoms with Crippen molar-refractivity contribution >= 4 is 34.3 Å².